The first kappa shape index (κ1) is 20.7. The van der Waals surface area contributed by atoms with E-state index >= 15 is 0 Å². The lowest BCUT2D eigenvalue weighted by atomic mass is 10.2. The normalized spacial score (nSPS) is 17.3. The van der Waals surface area contributed by atoms with Gasteiger partial charge in [0.25, 0.3) is 0 Å². The van der Waals surface area contributed by atoms with E-state index in [9.17, 15) is 13.2 Å². The molecule has 0 saturated carbocycles. The van der Waals surface area contributed by atoms with Crippen LogP contribution in [0.3, 0.4) is 0 Å². The van der Waals surface area contributed by atoms with Crippen molar-refractivity contribution in [3.8, 4) is 10.6 Å². The highest BCUT2D eigenvalue weighted by molar-refractivity contribution is 7.89. The summed E-state index contributed by atoms with van der Waals surface area (Å²) >= 11 is 1.44. The number of esters is 1. The maximum atomic E-state index is 13.0. The van der Waals surface area contributed by atoms with E-state index in [0.29, 0.717) is 25.1 Å². The second-order valence-corrected chi connectivity index (χ2v) is 9.99. The topological polar surface area (TPSA) is 94.4 Å². The van der Waals surface area contributed by atoms with Crippen molar-refractivity contribution in [2.75, 3.05) is 6.54 Å². The average Bonchev–Trinajstić information content (AvgIpc) is 3.47. The molecule has 0 spiro atoms. The van der Waals surface area contributed by atoms with Gasteiger partial charge in [-0.3, -0.25) is 9.48 Å². The Morgan fingerprint density at radius 3 is 2.77 bits per heavy atom. The molecule has 1 atom stereocenters. The minimum absolute atomic E-state index is 0.00448. The minimum atomic E-state index is -3.75. The summed E-state index contributed by atoms with van der Waals surface area (Å²) in [6.07, 6.45) is 4.65. The number of nitrogens with zero attached hydrogens (tertiary/aromatic N) is 4. The molecule has 3 aromatic rings. The van der Waals surface area contributed by atoms with E-state index in [1.807, 2.05) is 25.5 Å². The first-order valence-corrected chi connectivity index (χ1v) is 11.8. The van der Waals surface area contributed by atoms with E-state index < -0.39 is 22.0 Å². The van der Waals surface area contributed by atoms with Crippen molar-refractivity contribution in [2.24, 2.45) is 7.05 Å². The molecule has 0 N–H and O–H groups in total. The molecule has 1 saturated heterocycles. The Kier molecular flexibility index (Phi) is 5.72. The van der Waals surface area contributed by atoms with Gasteiger partial charge in [-0.2, -0.15) is 9.40 Å². The summed E-state index contributed by atoms with van der Waals surface area (Å²) < 4.78 is 34.4. The molecule has 0 radical (unpaired) electrons. The number of aryl methyl sites for hydroxylation is 2. The van der Waals surface area contributed by atoms with Crippen LogP contribution in [0.15, 0.2) is 46.9 Å². The molecule has 1 aromatic carbocycles. The van der Waals surface area contributed by atoms with Crippen LogP contribution in [-0.2, 0) is 33.2 Å². The summed E-state index contributed by atoms with van der Waals surface area (Å²) in [5.41, 5.74) is 2.49. The molecule has 158 valence electrons. The van der Waals surface area contributed by atoms with Crippen molar-refractivity contribution < 1.29 is 17.9 Å². The smallest absolute Gasteiger partial charge is 0.324 e. The van der Waals surface area contributed by atoms with Gasteiger partial charge < -0.3 is 4.74 Å². The van der Waals surface area contributed by atoms with E-state index in [1.54, 1.807) is 35.1 Å². The number of benzene rings is 1. The Morgan fingerprint density at radius 2 is 2.07 bits per heavy atom. The molecule has 0 aliphatic carbocycles. The highest BCUT2D eigenvalue weighted by Crippen LogP contribution is 2.28. The quantitative estimate of drug-likeness (QED) is 0.541. The van der Waals surface area contributed by atoms with Gasteiger partial charge in [0.05, 0.1) is 16.8 Å². The zero-order valence-electron chi connectivity index (χ0n) is 16.7. The molecule has 10 heteroatoms. The summed E-state index contributed by atoms with van der Waals surface area (Å²) in [5, 5.41) is 6.74. The summed E-state index contributed by atoms with van der Waals surface area (Å²) in [6.45, 7) is 2.20. The minimum Gasteiger partial charge on any atom is -0.458 e. The first-order chi connectivity index (χ1) is 14.3. The van der Waals surface area contributed by atoms with Crippen LogP contribution >= 0.6 is 11.3 Å². The summed E-state index contributed by atoms with van der Waals surface area (Å²) in [4.78, 5) is 17.3. The highest BCUT2D eigenvalue weighted by Gasteiger charge is 2.40. The van der Waals surface area contributed by atoms with Gasteiger partial charge in [-0.15, -0.1) is 11.3 Å². The number of aromatic nitrogens is 3. The van der Waals surface area contributed by atoms with E-state index in [1.165, 1.54) is 15.6 Å². The molecule has 2 aromatic heterocycles. The maximum absolute atomic E-state index is 13.0. The van der Waals surface area contributed by atoms with Crippen molar-refractivity contribution in [1.29, 1.82) is 0 Å². The highest BCUT2D eigenvalue weighted by atomic mass is 32.2. The molecule has 1 aliphatic rings. The number of thiazole rings is 1. The van der Waals surface area contributed by atoms with Gasteiger partial charge in [-0.25, -0.2) is 13.4 Å². The Labute approximate surface area is 179 Å². The zero-order chi connectivity index (χ0) is 21.3. The van der Waals surface area contributed by atoms with E-state index in [0.717, 1.165) is 16.1 Å². The molecular formula is C20H22N4O4S2. The van der Waals surface area contributed by atoms with Gasteiger partial charge in [-0.05, 0) is 31.9 Å². The lowest BCUT2D eigenvalue weighted by molar-refractivity contribution is -0.148. The molecule has 0 unspecified atom stereocenters. The second-order valence-electron chi connectivity index (χ2n) is 7.24. The SMILES string of the molecule is Cc1ccc(S(=O)(=O)N2CCC[C@H]2C(=O)OCc2csc(-c3cnn(C)c3)n2)cc1. The van der Waals surface area contributed by atoms with Crippen LogP contribution in [0.2, 0.25) is 0 Å². The Balaban J connectivity index is 1.43. The van der Waals surface area contributed by atoms with Crippen molar-refractivity contribution in [1.82, 2.24) is 19.1 Å². The molecule has 4 rings (SSSR count). The number of sulfonamides is 1. The van der Waals surface area contributed by atoms with Gasteiger partial charge in [0, 0.05) is 30.7 Å². The number of carbonyl (C=O) groups is 1. The molecule has 0 amide bonds. The van der Waals surface area contributed by atoms with Crippen molar-refractivity contribution in [3.63, 3.8) is 0 Å². The molecule has 1 aliphatic heterocycles. The fourth-order valence-corrected chi connectivity index (χ4v) is 5.81. The van der Waals surface area contributed by atoms with Crippen LogP contribution in [0.5, 0.6) is 0 Å². The summed E-state index contributed by atoms with van der Waals surface area (Å²) in [5.74, 6) is -0.542. The van der Waals surface area contributed by atoms with Crippen LogP contribution < -0.4 is 0 Å². The third-order valence-electron chi connectivity index (χ3n) is 4.97. The van der Waals surface area contributed by atoms with Gasteiger partial charge in [-0.1, -0.05) is 17.7 Å². The third kappa shape index (κ3) is 4.16. The zero-order valence-corrected chi connectivity index (χ0v) is 18.3. The van der Waals surface area contributed by atoms with Crippen molar-refractivity contribution in [2.45, 2.75) is 37.3 Å². The van der Waals surface area contributed by atoms with Crippen LogP contribution in [0, 0.1) is 6.92 Å². The molecule has 8 nitrogen and oxygen atoms in total. The Hall–Kier alpha value is -2.56. The maximum Gasteiger partial charge on any atom is 0.324 e. The Bertz CT molecular complexity index is 1150. The standard InChI is InChI=1S/C20H22N4O4S2/c1-14-5-7-17(8-6-14)30(26,27)24-9-3-4-18(24)20(25)28-12-16-13-29-19(22-16)15-10-21-23(2)11-15/h5-8,10-11,13,18H,3-4,9,12H2,1-2H3/t18-/m0/s1. The molecule has 30 heavy (non-hydrogen) atoms. The molecule has 0 bridgehead atoms. The van der Waals surface area contributed by atoms with E-state index in [2.05, 4.69) is 10.1 Å². The van der Waals surface area contributed by atoms with Gasteiger partial charge in [0.1, 0.15) is 17.7 Å². The lowest BCUT2D eigenvalue weighted by Gasteiger charge is -2.22. The number of rotatable bonds is 6. The molecule has 3 heterocycles. The summed E-state index contributed by atoms with van der Waals surface area (Å²) in [7, 11) is -1.92. The second kappa shape index (κ2) is 8.29. The van der Waals surface area contributed by atoms with Crippen LogP contribution in [0.4, 0.5) is 0 Å². The Morgan fingerprint density at radius 1 is 1.30 bits per heavy atom. The average molecular weight is 447 g/mol. The number of ether oxygens (including phenoxy) is 1. The molecule has 1 fully saturated rings. The van der Waals surface area contributed by atoms with Crippen LogP contribution in [0.25, 0.3) is 10.6 Å². The number of hydrogen-bond donors (Lipinski definition) is 0. The lowest BCUT2D eigenvalue weighted by Crippen LogP contribution is -2.41. The third-order valence-corrected chi connectivity index (χ3v) is 7.83. The largest absolute Gasteiger partial charge is 0.458 e. The van der Waals surface area contributed by atoms with Crippen molar-refractivity contribution >= 4 is 27.3 Å². The van der Waals surface area contributed by atoms with Crippen LogP contribution in [-0.4, -0.2) is 46.0 Å². The fraction of sp³-hybridized carbons (Fsp3) is 0.350. The number of carbonyl (C=O) groups excluding carboxylic acids is 1. The van der Waals surface area contributed by atoms with E-state index in [4.69, 9.17) is 4.74 Å². The molecular weight excluding hydrogens is 424 g/mol. The fourth-order valence-electron chi connectivity index (χ4n) is 3.39. The first-order valence-electron chi connectivity index (χ1n) is 9.53. The summed E-state index contributed by atoms with van der Waals surface area (Å²) in [6, 6.07) is 5.82. The predicted octanol–water partition coefficient (Wildman–Crippen LogP) is 2.75. The predicted molar refractivity (Wildman–Crippen MR) is 112 cm³/mol. The van der Waals surface area contributed by atoms with Crippen molar-refractivity contribution in [3.05, 3.63) is 53.3 Å². The van der Waals surface area contributed by atoms with Crippen LogP contribution in [0.1, 0.15) is 24.1 Å². The van der Waals surface area contributed by atoms with Gasteiger partial charge in [0.15, 0.2) is 0 Å². The van der Waals surface area contributed by atoms with Gasteiger partial charge >= 0.3 is 5.97 Å². The van der Waals surface area contributed by atoms with Gasteiger partial charge in [0.2, 0.25) is 10.0 Å². The van der Waals surface area contributed by atoms with E-state index in [-0.39, 0.29) is 11.5 Å². The number of hydrogen-bond acceptors (Lipinski definition) is 7. The monoisotopic (exact) mass is 446 g/mol.